The van der Waals surface area contributed by atoms with E-state index in [1.165, 1.54) is 23.0 Å². The van der Waals surface area contributed by atoms with Crippen molar-refractivity contribution in [3.05, 3.63) is 71.2 Å². The van der Waals surface area contributed by atoms with Gasteiger partial charge in [0.2, 0.25) is 0 Å². The predicted octanol–water partition coefficient (Wildman–Crippen LogP) is 5.61. The SMILES string of the molecule is CCN(CC)CCn1cc(CON2CCC(c3cc(CNC(=O)C(F)(F)F)ccc3F)CC2)c2ccccc21. The van der Waals surface area contributed by atoms with Gasteiger partial charge in [-0.15, -0.1) is 0 Å². The number of nitrogens with one attached hydrogen (secondary N) is 1. The Morgan fingerprint density at radius 1 is 1.10 bits per heavy atom. The first-order valence-corrected chi connectivity index (χ1v) is 13.5. The molecule has 1 aromatic heterocycles. The lowest BCUT2D eigenvalue weighted by Crippen LogP contribution is -2.36. The van der Waals surface area contributed by atoms with Gasteiger partial charge in [-0.05, 0) is 55.1 Å². The predicted molar refractivity (Wildman–Crippen MR) is 142 cm³/mol. The summed E-state index contributed by atoms with van der Waals surface area (Å²) in [6, 6.07) is 12.5. The van der Waals surface area contributed by atoms with Gasteiger partial charge in [0.15, 0.2) is 0 Å². The maximum absolute atomic E-state index is 14.6. The Bertz CT molecular complexity index is 1250. The third-order valence-corrected chi connectivity index (χ3v) is 7.49. The first-order chi connectivity index (χ1) is 18.7. The molecule has 1 N–H and O–H groups in total. The third-order valence-electron chi connectivity index (χ3n) is 7.49. The number of piperidine rings is 1. The quantitative estimate of drug-likeness (QED) is 0.317. The maximum Gasteiger partial charge on any atom is 0.471 e. The van der Waals surface area contributed by atoms with Crippen LogP contribution in [0.3, 0.4) is 0 Å². The van der Waals surface area contributed by atoms with Crippen LogP contribution in [-0.4, -0.2) is 59.3 Å². The zero-order valence-electron chi connectivity index (χ0n) is 22.4. The number of rotatable bonds is 11. The molecule has 0 atom stereocenters. The standard InChI is InChI=1S/C29H36F4N4O2/c1-3-35(4-2)15-16-36-19-23(24-7-5-6-8-27(24)36)20-39-37-13-11-22(12-14-37)25-17-21(9-10-26(25)30)18-34-28(38)29(31,32)33/h5-10,17,19,22H,3-4,11-16,18,20H2,1-2H3,(H,34,38). The van der Waals surface area contributed by atoms with Gasteiger partial charge in [0.25, 0.3) is 0 Å². The minimum atomic E-state index is -4.95. The highest BCUT2D eigenvalue weighted by atomic mass is 19.4. The lowest BCUT2D eigenvalue weighted by molar-refractivity contribution is -0.180. The van der Waals surface area contributed by atoms with E-state index in [0.717, 1.165) is 31.7 Å². The normalized spacial score (nSPS) is 15.4. The van der Waals surface area contributed by atoms with Crippen molar-refractivity contribution >= 4 is 16.8 Å². The van der Waals surface area contributed by atoms with E-state index >= 15 is 0 Å². The Morgan fingerprint density at radius 2 is 1.82 bits per heavy atom. The van der Waals surface area contributed by atoms with Crippen molar-refractivity contribution in [1.29, 1.82) is 0 Å². The largest absolute Gasteiger partial charge is 0.471 e. The van der Waals surface area contributed by atoms with E-state index in [0.29, 0.717) is 43.7 Å². The minimum absolute atomic E-state index is 0.0786. The number of hydrogen-bond donors (Lipinski definition) is 1. The van der Waals surface area contributed by atoms with Crippen LogP contribution in [0.4, 0.5) is 17.6 Å². The topological polar surface area (TPSA) is 49.7 Å². The number of carbonyl (C=O) groups excluding carboxylic acids is 1. The maximum atomic E-state index is 14.6. The van der Waals surface area contributed by atoms with Crippen LogP contribution in [0.5, 0.6) is 0 Å². The van der Waals surface area contributed by atoms with Gasteiger partial charge in [-0.3, -0.25) is 9.63 Å². The summed E-state index contributed by atoms with van der Waals surface area (Å²) in [5.41, 5.74) is 3.19. The molecular weight excluding hydrogens is 512 g/mol. The number of hydrogen-bond acceptors (Lipinski definition) is 4. The van der Waals surface area contributed by atoms with Crippen molar-refractivity contribution in [1.82, 2.24) is 19.8 Å². The summed E-state index contributed by atoms with van der Waals surface area (Å²) in [5.74, 6) is -2.48. The molecule has 4 rings (SSSR count). The van der Waals surface area contributed by atoms with Crippen molar-refractivity contribution in [2.24, 2.45) is 0 Å². The fourth-order valence-electron chi connectivity index (χ4n) is 5.17. The molecule has 1 saturated heterocycles. The molecule has 0 radical (unpaired) electrons. The number of para-hydroxylation sites is 1. The van der Waals surface area contributed by atoms with Crippen molar-refractivity contribution in [2.45, 2.75) is 58.5 Å². The van der Waals surface area contributed by atoms with Gasteiger partial charge >= 0.3 is 12.1 Å². The van der Waals surface area contributed by atoms with E-state index in [9.17, 15) is 22.4 Å². The summed E-state index contributed by atoms with van der Waals surface area (Å²) >= 11 is 0. The van der Waals surface area contributed by atoms with Gasteiger partial charge in [-0.25, -0.2) is 4.39 Å². The van der Waals surface area contributed by atoms with E-state index < -0.39 is 17.9 Å². The summed E-state index contributed by atoms with van der Waals surface area (Å²) in [5, 5.41) is 4.92. The van der Waals surface area contributed by atoms with Crippen LogP contribution in [0, 0.1) is 5.82 Å². The third kappa shape index (κ3) is 7.38. The highest BCUT2D eigenvalue weighted by molar-refractivity contribution is 5.84. The van der Waals surface area contributed by atoms with Crippen molar-refractivity contribution in [3.63, 3.8) is 0 Å². The molecule has 0 unspecified atom stereocenters. The number of carbonyl (C=O) groups is 1. The number of halogens is 4. The molecule has 0 aliphatic carbocycles. The zero-order chi connectivity index (χ0) is 28.0. The Hall–Kier alpha value is -2.95. The molecule has 2 heterocycles. The second-order valence-electron chi connectivity index (χ2n) is 9.90. The summed E-state index contributed by atoms with van der Waals surface area (Å²) in [4.78, 5) is 19.7. The van der Waals surface area contributed by atoms with E-state index in [1.807, 2.05) is 22.5 Å². The molecule has 6 nitrogen and oxygen atoms in total. The van der Waals surface area contributed by atoms with Gasteiger partial charge in [-0.2, -0.15) is 18.2 Å². The Morgan fingerprint density at radius 3 is 2.51 bits per heavy atom. The molecule has 212 valence electrons. The zero-order valence-corrected chi connectivity index (χ0v) is 22.4. The van der Waals surface area contributed by atoms with Crippen LogP contribution in [0.25, 0.3) is 10.9 Å². The van der Waals surface area contributed by atoms with Crippen molar-refractivity contribution in [3.8, 4) is 0 Å². The summed E-state index contributed by atoms with van der Waals surface area (Å²) in [6.45, 7) is 9.60. The van der Waals surface area contributed by atoms with Crippen LogP contribution >= 0.6 is 0 Å². The molecule has 0 spiro atoms. The smallest absolute Gasteiger partial charge is 0.346 e. The summed E-state index contributed by atoms with van der Waals surface area (Å²) in [7, 11) is 0. The molecule has 39 heavy (non-hydrogen) atoms. The number of aromatic nitrogens is 1. The molecule has 0 bridgehead atoms. The number of fused-ring (bicyclic) bond motifs is 1. The van der Waals surface area contributed by atoms with Crippen LogP contribution < -0.4 is 5.32 Å². The fraction of sp³-hybridized carbons (Fsp3) is 0.483. The van der Waals surface area contributed by atoms with E-state index in [2.05, 4.69) is 41.6 Å². The fourth-order valence-corrected chi connectivity index (χ4v) is 5.17. The number of amides is 1. The summed E-state index contributed by atoms with van der Waals surface area (Å²) in [6.07, 6.45) is -1.48. The van der Waals surface area contributed by atoms with Gasteiger partial charge < -0.3 is 14.8 Å². The van der Waals surface area contributed by atoms with E-state index in [1.54, 1.807) is 6.07 Å². The molecule has 1 aliphatic heterocycles. The molecule has 1 amide bonds. The highest BCUT2D eigenvalue weighted by Crippen LogP contribution is 2.31. The van der Waals surface area contributed by atoms with E-state index in [4.69, 9.17) is 4.84 Å². The van der Waals surface area contributed by atoms with Crippen LogP contribution in [-0.2, 0) is 29.3 Å². The van der Waals surface area contributed by atoms with Gasteiger partial charge in [0, 0.05) is 55.4 Å². The number of nitrogens with zero attached hydrogens (tertiary/aromatic N) is 3. The molecular formula is C29H36F4N4O2. The van der Waals surface area contributed by atoms with Crippen LogP contribution in [0.15, 0.2) is 48.7 Å². The number of likely N-dealkylation sites (N-methyl/N-ethyl adjacent to an activating group) is 1. The molecule has 3 aromatic rings. The lowest BCUT2D eigenvalue weighted by atomic mass is 9.88. The van der Waals surface area contributed by atoms with Gasteiger partial charge in [0.1, 0.15) is 5.82 Å². The average molecular weight is 549 g/mol. The number of alkyl halides is 3. The first-order valence-electron chi connectivity index (χ1n) is 13.5. The van der Waals surface area contributed by atoms with Crippen LogP contribution in [0.2, 0.25) is 0 Å². The lowest BCUT2D eigenvalue weighted by Gasteiger charge is -2.31. The van der Waals surface area contributed by atoms with Gasteiger partial charge in [-0.1, -0.05) is 44.2 Å². The van der Waals surface area contributed by atoms with Crippen LogP contribution in [0.1, 0.15) is 49.3 Å². The first kappa shape index (κ1) is 29.0. The summed E-state index contributed by atoms with van der Waals surface area (Å²) < 4.78 is 54.3. The second kappa shape index (κ2) is 12.9. The van der Waals surface area contributed by atoms with Crippen molar-refractivity contribution in [2.75, 3.05) is 32.7 Å². The Kier molecular flexibility index (Phi) is 9.63. The number of hydroxylamine groups is 2. The molecule has 1 aliphatic rings. The molecule has 0 saturated carbocycles. The molecule has 10 heteroatoms. The van der Waals surface area contributed by atoms with Crippen molar-refractivity contribution < 1.29 is 27.2 Å². The molecule has 1 fully saturated rings. The molecule has 2 aromatic carbocycles. The van der Waals surface area contributed by atoms with Gasteiger partial charge in [0.05, 0.1) is 6.61 Å². The highest BCUT2D eigenvalue weighted by Gasteiger charge is 2.38. The minimum Gasteiger partial charge on any atom is -0.346 e. The second-order valence-corrected chi connectivity index (χ2v) is 9.90. The Labute approximate surface area is 226 Å². The average Bonchev–Trinajstić information content (AvgIpc) is 3.29. The van der Waals surface area contributed by atoms with E-state index in [-0.39, 0.29) is 12.5 Å². The number of benzene rings is 2. The Balaban J connectivity index is 1.33. The monoisotopic (exact) mass is 548 g/mol.